The minimum atomic E-state index is -0.320. The van der Waals surface area contributed by atoms with Gasteiger partial charge >= 0.3 is 0 Å². The Labute approximate surface area is 106 Å². The summed E-state index contributed by atoms with van der Waals surface area (Å²) in [5, 5.41) is 0. The third kappa shape index (κ3) is 3.13. The normalized spacial score (nSPS) is 10.2. The number of nitrogens with zero attached hydrogens (tertiary/aromatic N) is 2. The SMILES string of the molecule is Nc1ncc(OCc2ccc(Br)c(F)c2)cn1. The van der Waals surface area contributed by atoms with Gasteiger partial charge in [0.1, 0.15) is 12.4 Å². The van der Waals surface area contributed by atoms with Crippen LogP contribution < -0.4 is 10.5 Å². The Bertz CT molecular complexity index is 519. The molecule has 1 heterocycles. The van der Waals surface area contributed by atoms with E-state index in [0.717, 1.165) is 5.56 Å². The molecule has 0 radical (unpaired) electrons. The van der Waals surface area contributed by atoms with Gasteiger partial charge in [0, 0.05) is 0 Å². The summed E-state index contributed by atoms with van der Waals surface area (Å²) in [7, 11) is 0. The number of halogens is 2. The molecule has 0 fully saturated rings. The second kappa shape index (κ2) is 5.09. The molecule has 17 heavy (non-hydrogen) atoms. The third-order valence-corrected chi connectivity index (χ3v) is 2.68. The Morgan fingerprint density at radius 2 is 2.00 bits per heavy atom. The van der Waals surface area contributed by atoms with E-state index in [2.05, 4.69) is 25.9 Å². The molecule has 88 valence electrons. The summed E-state index contributed by atoms with van der Waals surface area (Å²) in [6.45, 7) is 0.247. The highest BCUT2D eigenvalue weighted by molar-refractivity contribution is 9.10. The van der Waals surface area contributed by atoms with Gasteiger partial charge in [0.05, 0.1) is 16.9 Å². The van der Waals surface area contributed by atoms with E-state index >= 15 is 0 Å². The molecule has 0 saturated carbocycles. The quantitative estimate of drug-likeness (QED) is 0.946. The van der Waals surface area contributed by atoms with Gasteiger partial charge in [0.25, 0.3) is 0 Å². The van der Waals surface area contributed by atoms with Gasteiger partial charge in [-0.3, -0.25) is 0 Å². The van der Waals surface area contributed by atoms with Crippen LogP contribution in [0.25, 0.3) is 0 Å². The Hall–Kier alpha value is -1.69. The molecule has 0 spiro atoms. The Balaban J connectivity index is 2.02. The van der Waals surface area contributed by atoms with Crippen molar-refractivity contribution in [2.75, 3.05) is 5.73 Å². The van der Waals surface area contributed by atoms with Crippen molar-refractivity contribution < 1.29 is 9.13 Å². The van der Waals surface area contributed by atoms with Crippen LogP contribution in [-0.4, -0.2) is 9.97 Å². The van der Waals surface area contributed by atoms with Crippen LogP contribution >= 0.6 is 15.9 Å². The topological polar surface area (TPSA) is 61.0 Å². The molecule has 0 amide bonds. The minimum absolute atomic E-state index is 0.187. The van der Waals surface area contributed by atoms with Crippen molar-refractivity contribution >= 4 is 21.9 Å². The molecule has 2 rings (SSSR count). The summed E-state index contributed by atoms with van der Waals surface area (Å²) in [4.78, 5) is 7.57. The molecule has 1 aromatic carbocycles. The molecule has 0 aliphatic rings. The first-order chi connectivity index (χ1) is 8.15. The number of hydrogen-bond acceptors (Lipinski definition) is 4. The molecule has 4 nitrogen and oxygen atoms in total. The third-order valence-electron chi connectivity index (χ3n) is 2.04. The zero-order valence-electron chi connectivity index (χ0n) is 8.73. The van der Waals surface area contributed by atoms with Crippen LogP contribution in [-0.2, 0) is 6.61 Å². The first-order valence-electron chi connectivity index (χ1n) is 4.79. The molecule has 6 heteroatoms. The Kier molecular flexibility index (Phi) is 3.53. The van der Waals surface area contributed by atoms with Gasteiger partial charge in [-0.2, -0.15) is 0 Å². The number of aromatic nitrogens is 2. The van der Waals surface area contributed by atoms with E-state index in [1.807, 2.05) is 0 Å². The fraction of sp³-hybridized carbons (Fsp3) is 0.0909. The van der Waals surface area contributed by atoms with E-state index < -0.39 is 0 Å². The Morgan fingerprint density at radius 1 is 1.29 bits per heavy atom. The summed E-state index contributed by atoms with van der Waals surface area (Å²) >= 11 is 3.08. The van der Waals surface area contributed by atoms with Gasteiger partial charge in [-0.25, -0.2) is 14.4 Å². The average molecular weight is 298 g/mol. The molecular formula is C11H9BrFN3O. The molecule has 2 N–H and O–H groups in total. The maximum atomic E-state index is 13.2. The molecular weight excluding hydrogens is 289 g/mol. The lowest BCUT2D eigenvalue weighted by Crippen LogP contribution is -1.99. The number of benzene rings is 1. The molecule has 0 saturated heterocycles. The van der Waals surface area contributed by atoms with Crippen LogP contribution in [0.1, 0.15) is 5.56 Å². The number of hydrogen-bond donors (Lipinski definition) is 1. The van der Waals surface area contributed by atoms with Crippen LogP contribution in [0, 0.1) is 5.82 Å². The van der Waals surface area contributed by atoms with Crippen LogP contribution in [0.15, 0.2) is 35.1 Å². The predicted molar refractivity (Wildman–Crippen MR) is 64.9 cm³/mol. The van der Waals surface area contributed by atoms with Gasteiger partial charge in [-0.1, -0.05) is 6.07 Å². The number of rotatable bonds is 3. The number of nitrogens with two attached hydrogens (primary N) is 1. The fourth-order valence-corrected chi connectivity index (χ4v) is 1.44. The average Bonchev–Trinajstić information content (AvgIpc) is 2.33. The maximum absolute atomic E-state index is 13.2. The minimum Gasteiger partial charge on any atom is -0.486 e. The smallest absolute Gasteiger partial charge is 0.220 e. The van der Waals surface area contributed by atoms with Crippen LogP contribution in [0.5, 0.6) is 5.75 Å². The van der Waals surface area contributed by atoms with Gasteiger partial charge in [-0.05, 0) is 33.6 Å². The number of ether oxygens (including phenoxy) is 1. The van der Waals surface area contributed by atoms with Crippen LogP contribution in [0.4, 0.5) is 10.3 Å². The second-order valence-electron chi connectivity index (χ2n) is 3.31. The van der Waals surface area contributed by atoms with E-state index in [0.29, 0.717) is 10.2 Å². The molecule has 0 bridgehead atoms. The Morgan fingerprint density at radius 3 is 2.65 bits per heavy atom. The molecule has 0 atom stereocenters. The van der Waals surface area contributed by atoms with Crippen molar-refractivity contribution in [1.29, 1.82) is 0 Å². The van der Waals surface area contributed by atoms with Crippen molar-refractivity contribution in [2.24, 2.45) is 0 Å². The highest BCUT2D eigenvalue weighted by atomic mass is 79.9. The highest BCUT2D eigenvalue weighted by Crippen LogP contribution is 2.17. The second-order valence-corrected chi connectivity index (χ2v) is 4.17. The van der Waals surface area contributed by atoms with Gasteiger partial charge < -0.3 is 10.5 Å². The monoisotopic (exact) mass is 297 g/mol. The van der Waals surface area contributed by atoms with Gasteiger partial charge in [-0.15, -0.1) is 0 Å². The maximum Gasteiger partial charge on any atom is 0.220 e. The summed E-state index contributed by atoms with van der Waals surface area (Å²) in [6.07, 6.45) is 2.94. The molecule has 0 aliphatic heterocycles. The predicted octanol–water partition coefficient (Wildman–Crippen LogP) is 2.54. The fourth-order valence-electron chi connectivity index (χ4n) is 1.20. The molecule has 0 unspecified atom stereocenters. The van der Waals surface area contributed by atoms with Crippen molar-refractivity contribution in [3.63, 3.8) is 0 Å². The first-order valence-corrected chi connectivity index (χ1v) is 5.58. The van der Waals surface area contributed by atoms with E-state index in [9.17, 15) is 4.39 Å². The van der Waals surface area contributed by atoms with E-state index in [4.69, 9.17) is 10.5 Å². The lowest BCUT2D eigenvalue weighted by molar-refractivity contribution is 0.303. The van der Waals surface area contributed by atoms with E-state index in [1.54, 1.807) is 12.1 Å². The zero-order valence-corrected chi connectivity index (χ0v) is 10.3. The lowest BCUT2D eigenvalue weighted by atomic mass is 10.2. The van der Waals surface area contributed by atoms with Crippen molar-refractivity contribution in [3.8, 4) is 5.75 Å². The van der Waals surface area contributed by atoms with E-state index in [-0.39, 0.29) is 18.4 Å². The zero-order chi connectivity index (χ0) is 12.3. The lowest BCUT2D eigenvalue weighted by Gasteiger charge is -2.06. The first kappa shape index (κ1) is 11.8. The number of nitrogen functional groups attached to an aromatic ring is 1. The standard InChI is InChI=1S/C11H9BrFN3O/c12-9-2-1-7(3-10(9)13)6-17-8-4-15-11(14)16-5-8/h1-5H,6H2,(H2,14,15,16). The highest BCUT2D eigenvalue weighted by Gasteiger charge is 2.02. The summed E-state index contributed by atoms with van der Waals surface area (Å²) in [6, 6.07) is 4.81. The summed E-state index contributed by atoms with van der Waals surface area (Å²) in [5.74, 6) is 0.356. The van der Waals surface area contributed by atoms with Gasteiger partial charge in [0.2, 0.25) is 5.95 Å². The summed E-state index contributed by atoms with van der Waals surface area (Å²) < 4.78 is 19.0. The van der Waals surface area contributed by atoms with Gasteiger partial charge in [0.15, 0.2) is 5.75 Å². The van der Waals surface area contributed by atoms with Crippen molar-refractivity contribution in [1.82, 2.24) is 9.97 Å². The molecule has 0 aliphatic carbocycles. The molecule has 1 aromatic heterocycles. The largest absolute Gasteiger partial charge is 0.486 e. The van der Waals surface area contributed by atoms with Crippen LogP contribution in [0.3, 0.4) is 0 Å². The van der Waals surface area contributed by atoms with E-state index in [1.165, 1.54) is 18.5 Å². The van der Waals surface area contributed by atoms with Crippen LogP contribution in [0.2, 0.25) is 0 Å². The summed E-state index contributed by atoms with van der Waals surface area (Å²) in [5.41, 5.74) is 6.06. The van der Waals surface area contributed by atoms with Crippen molar-refractivity contribution in [3.05, 3.63) is 46.4 Å². The molecule has 2 aromatic rings. The van der Waals surface area contributed by atoms with Crippen molar-refractivity contribution in [2.45, 2.75) is 6.61 Å². The number of anilines is 1.